The predicted octanol–water partition coefficient (Wildman–Crippen LogP) is 5.20. The standard InChI is InChI=1S/C33H35N10O3P/c1-42-19-20(18-37-42)23-17-26(29-21(5-4-14-46-29)28(23)43-12-15-45-16-13-43)39-33-40-31-22(8-9-36-31)32(41-33)38-25-7-6-24-27(35-11-10-34-24)30(25)47(2,3)44/h6-11,17-19H,4-5,12-16H2,1-3H3,(H3,36,38,39,40,41). The number of nitrogens with one attached hydrogen (secondary N) is 3. The van der Waals surface area contributed by atoms with Crippen molar-refractivity contribution in [3.63, 3.8) is 0 Å². The Morgan fingerprint density at radius 3 is 2.66 bits per heavy atom. The van der Waals surface area contributed by atoms with Crippen molar-refractivity contribution in [1.29, 1.82) is 0 Å². The fraction of sp³-hybridized carbons (Fsp3) is 0.303. The highest BCUT2D eigenvalue weighted by atomic mass is 31.2. The lowest BCUT2D eigenvalue weighted by atomic mass is 9.94. The van der Waals surface area contributed by atoms with Crippen molar-refractivity contribution in [2.75, 3.05) is 61.8 Å². The van der Waals surface area contributed by atoms with Crippen LogP contribution in [0.4, 0.5) is 28.8 Å². The van der Waals surface area contributed by atoms with Crippen LogP contribution in [0.1, 0.15) is 12.0 Å². The Morgan fingerprint density at radius 2 is 1.85 bits per heavy atom. The second kappa shape index (κ2) is 11.7. The van der Waals surface area contributed by atoms with E-state index in [2.05, 4.69) is 41.7 Å². The molecular formula is C33H35N10O3P. The molecule has 3 N–H and O–H groups in total. The third kappa shape index (κ3) is 5.45. The maximum absolute atomic E-state index is 13.6. The van der Waals surface area contributed by atoms with E-state index in [1.165, 1.54) is 5.69 Å². The largest absolute Gasteiger partial charge is 0.491 e. The molecule has 13 nitrogen and oxygen atoms in total. The first kappa shape index (κ1) is 29.4. The molecule has 6 heterocycles. The normalized spacial score (nSPS) is 15.1. The summed E-state index contributed by atoms with van der Waals surface area (Å²) in [6.45, 7) is 7.07. The molecule has 240 valence electrons. The van der Waals surface area contributed by atoms with Gasteiger partial charge in [0.2, 0.25) is 5.95 Å². The third-order valence-corrected chi connectivity index (χ3v) is 10.1. The van der Waals surface area contributed by atoms with Crippen LogP contribution in [0.2, 0.25) is 0 Å². The molecule has 0 atom stereocenters. The van der Waals surface area contributed by atoms with Gasteiger partial charge in [0.25, 0.3) is 0 Å². The number of rotatable bonds is 7. The number of anilines is 5. The molecule has 2 aliphatic rings. The molecule has 0 bridgehead atoms. The molecule has 1 fully saturated rings. The Hall–Kier alpha value is -5.00. The quantitative estimate of drug-likeness (QED) is 0.196. The molecule has 2 aliphatic heterocycles. The molecule has 0 aliphatic carbocycles. The fourth-order valence-corrected chi connectivity index (χ4v) is 7.95. The lowest BCUT2D eigenvalue weighted by molar-refractivity contribution is 0.122. The number of aryl methyl sites for hydroxylation is 1. The van der Waals surface area contributed by atoms with E-state index in [1.807, 2.05) is 48.5 Å². The SMILES string of the molecule is Cn1cc(-c2cc(Nc3nc(Nc4ccc5nccnc5c4P(C)(C)=O)c4cc[nH]c4n3)c3c(c2N2CCOCC2)CCCO3)cn1. The van der Waals surface area contributed by atoms with Crippen LogP contribution in [0, 0.1) is 0 Å². The highest BCUT2D eigenvalue weighted by Gasteiger charge is 2.29. The van der Waals surface area contributed by atoms with Gasteiger partial charge in [0.15, 0.2) is 0 Å². The molecule has 47 heavy (non-hydrogen) atoms. The first-order valence-electron chi connectivity index (χ1n) is 15.7. The van der Waals surface area contributed by atoms with Crippen LogP contribution in [0.15, 0.2) is 55.2 Å². The van der Waals surface area contributed by atoms with Gasteiger partial charge in [0, 0.05) is 61.6 Å². The lowest BCUT2D eigenvalue weighted by Crippen LogP contribution is -2.37. The summed E-state index contributed by atoms with van der Waals surface area (Å²) in [6.07, 6.45) is 10.8. The maximum atomic E-state index is 13.6. The van der Waals surface area contributed by atoms with Crippen LogP contribution in [0.5, 0.6) is 5.75 Å². The van der Waals surface area contributed by atoms with E-state index in [0.29, 0.717) is 59.3 Å². The first-order valence-corrected chi connectivity index (χ1v) is 18.3. The van der Waals surface area contributed by atoms with Gasteiger partial charge in [-0.15, -0.1) is 0 Å². The van der Waals surface area contributed by atoms with Gasteiger partial charge < -0.3 is 34.6 Å². The van der Waals surface area contributed by atoms with Crippen LogP contribution in [-0.4, -0.2) is 80.9 Å². The van der Waals surface area contributed by atoms with Gasteiger partial charge in [-0.3, -0.25) is 14.6 Å². The highest BCUT2D eigenvalue weighted by Crippen LogP contribution is 2.47. The minimum atomic E-state index is -2.78. The number of fused-ring (bicyclic) bond motifs is 3. The predicted molar refractivity (Wildman–Crippen MR) is 185 cm³/mol. The van der Waals surface area contributed by atoms with Gasteiger partial charge in [-0.25, -0.2) is 0 Å². The van der Waals surface area contributed by atoms with Crippen molar-refractivity contribution in [2.45, 2.75) is 12.8 Å². The number of H-pyrrole nitrogens is 1. The van der Waals surface area contributed by atoms with Crippen LogP contribution >= 0.6 is 7.14 Å². The van der Waals surface area contributed by atoms with Crippen LogP contribution in [0.25, 0.3) is 33.2 Å². The van der Waals surface area contributed by atoms with Gasteiger partial charge >= 0.3 is 0 Å². The molecule has 0 unspecified atom stereocenters. The molecule has 0 radical (unpaired) electrons. The van der Waals surface area contributed by atoms with E-state index in [4.69, 9.17) is 19.4 Å². The zero-order valence-electron chi connectivity index (χ0n) is 26.4. The number of nitrogens with zero attached hydrogens (tertiary/aromatic N) is 7. The second-order valence-corrected chi connectivity index (χ2v) is 15.4. The molecule has 14 heteroatoms. The van der Waals surface area contributed by atoms with Crippen LogP contribution in [-0.2, 0) is 22.8 Å². The molecule has 0 saturated carbocycles. The van der Waals surface area contributed by atoms with Crippen molar-refractivity contribution < 1.29 is 14.0 Å². The first-order chi connectivity index (χ1) is 22.8. The van der Waals surface area contributed by atoms with Crippen molar-refractivity contribution in [2.24, 2.45) is 7.05 Å². The fourth-order valence-electron chi connectivity index (χ4n) is 6.56. The summed E-state index contributed by atoms with van der Waals surface area (Å²) in [4.78, 5) is 24.4. The summed E-state index contributed by atoms with van der Waals surface area (Å²) in [5.41, 5.74) is 7.78. The molecule has 2 aromatic carbocycles. The highest BCUT2D eigenvalue weighted by molar-refractivity contribution is 7.71. The summed E-state index contributed by atoms with van der Waals surface area (Å²) in [5.74, 6) is 1.75. The number of hydrogen-bond acceptors (Lipinski definition) is 11. The number of hydrogen-bond donors (Lipinski definition) is 3. The second-order valence-electron chi connectivity index (χ2n) is 12.2. The number of aromatic nitrogens is 7. The summed E-state index contributed by atoms with van der Waals surface area (Å²) < 4.78 is 27.5. The van der Waals surface area contributed by atoms with E-state index < -0.39 is 7.14 Å². The zero-order valence-corrected chi connectivity index (χ0v) is 27.3. The van der Waals surface area contributed by atoms with Gasteiger partial charge in [-0.1, -0.05) is 0 Å². The Morgan fingerprint density at radius 1 is 1.00 bits per heavy atom. The Bertz CT molecular complexity index is 2180. The smallest absolute Gasteiger partial charge is 0.231 e. The lowest BCUT2D eigenvalue weighted by Gasteiger charge is -2.35. The minimum Gasteiger partial charge on any atom is -0.491 e. The number of benzene rings is 2. The zero-order chi connectivity index (χ0) is 32.1. The average molecular weight is 651 g/mol. The van der Waals surface area contributed by atoms with Gasteiger partial charge in [-0.05, 0) is 50.4 Å². The summed E-state index contributed by atoms with van der Waals surface area (Å²) in [5, 5.41) is 12.9. The van der Waals surface area contributed by atoms with Crippen LogP contribution < -0.4 is 25.6 Å². The van der Waals surface area contributed by atoms with E-state index >= 15 is 0 Å². The molecule has 6 aromatic rings. The molecule has 8 rings (SSSR count). The summed E-state index contributed by atoms with van der Waals surface area (Å²) in [7, 11) is -0.854. The number of aromatic amines is 1. The third-order valence-electron chi connectivity index (χ3n) is 8.58. The number of ether oxygens (including phenoxy) is 2. The Labute approximate surface area is 271 Å². The van der Waals surface area contributed by atoms with Crippen LogP contribution in [0.3, 0.4) is 0 Å². The van der Waals surface area contributed by atoms with Crippen molar-refractivity contribution in [3.05, 3.63) is 60.8 Å². The molecule has 1 saturated heterocycles. The monoisotopic (exact) mass is 650 g/mol. The number of morpholine rings is 1. The van der Waals surface area contributed by atoms with Gasteiger partial charge in [-0.2, -0.15) is 15.1 Å². The van der Waals surface area contributed by atoms with E-state index in [-0.39, 0.29) is 0 Å². The summed E-state index contributed by atoms with van der Waals surface area (Å²) >= 11 is 0. The topological polar surface area (TPSA) is 148 Å². The minimum absolute atomic E-state index is 0.383. The maximum Gasteiger partial charge on any atom is 0.231 e. The Kier molecular flexibility index (Phi) is 7.30. The van der Waals surface area contributed by atoms with E-state index in [1.54, 1.807) is 25.7 Å². The molecule has 0 spiro atoms. The molecule has 4 aromatic heterocycles. The molecule has 0 amide bonds. The van der Waals surface area contributed by atoms with Crippen molar-refractivity contribution in [1.82, 2.24) is 34.7 Å². The molecular weight excluding hydrogens is 615 g/mol. The average Bonchev–Trinajstić information content (AvgIpc) is 3.73. The van der Waals surface area contributed by atoms with Gasteiger partial charge in [0.05, 0.1) is 59.3 Å². The van der Waals surface area contributed by atoms with Gasteiger partial charge in [0.1, 0.15) is 29.9 Å². The summed E-state index contributed by atoms with van der Waals surface area (Å²) in [6, 6.07) is 7.79. The van der Waals surface area contributed by atoms with E-state index in [0.717, 1.165) is 59.4 Å². The van der Waals surface area contributed by atoms with E-state index in [9.17, 15) is 4.57 Å². The Balaban J connectivity index is 1.25. The van der Waals surface area contributed by atoms with Crippen molar-refractivity contribution >= 4 is 63.3 Å². The van der Waals surface area contributed by atoms with Crippen molar-refractivity contribution in [3.8, 4) is 16.9 Å².